The van der Waals surface area contributed by atoms with Crippen molar-refractivity contribution in [1.29, 1.82) is 5.26 Å². The molecule has 0 aliphatic heterocycles. The van der Waals surface area contributed by atoms with E-state index in [1.165, 1.54) is 0 Å². The molecule has 0 spiro atoms. The van der Waals surface area contributed by atoms with Crippen molar-refractivity contribution in [2.45, 2.75) is 12.5 Å². The van der Waals surface area contributed by atoms with E-state index in [0.717, 1.165) is 28.1 Å². The van der Waals surface area contributed by atoms with Crippen LogP contribution in [-0.2, 0) is 6.61 Å². The number of nitriles is 1. The molecule has 4 aromatic rings. The van der Waals surface area contributed by atoms with Gasteiger partial charge in [-0.05, 0) is 29.3 Å². The lowest BCUT2D eigenvalue weighted by molar-refractivity contribution is 0.235. The minimum absolute atomic E-state index is 0.0472. The fourth-order valence-electron chi connectivity index (χ4n) is 3.40. The van der Waals surface area contributed by atoms with Crippen LogP contribution in [0.5, 0.6) is 5.75 Å². The predicted molar refractivity (Wildman–Crippen MR) is 103 cm³/mol. The highest BCUT2D eigenvalue weighted by Crippen LogP contribution is 2.39. The van der Waals surface area contributed by atoms with Crippen LogP contribution in [0, 0.1) is 11.3 Å². The van der Waals surface area contributed by atoms with Crippen molar-refractivity contribution in [2.75, 3.05) is 0 Å². The van der Waals surface area contributed by atoms with Crippen molar-refractivity contribution >= 4 is 10.9 Å². The molecular weight excluding hydrogens is 356 g/mol. The molecule has 4 rings (SSSR count). The lowest BCUT2D eigenvalue weighted by atomic mass is 9.88. The zero-order chi connectivity index (χ0) is 19.7. The van der Waals surface area contributed by atoms with Crippen molar-refractivity contribution < 1.29 is 14.6 Å². The summed E-state index contributed by atoms with van der Waals surface area (Å²) in [6.45, 7) is -0.462. The maximum absolute atomic E-state index is 12.2. The van der Waals surface area contributed by atoms with Crippen molar-refractivity contribution in [3.63, 3.8) is 0 Å². The monoisotopic (exact) mass is 372 g/mol. The van der Waals surface area contributed by atoms with Gasteiger partial charge in [-0.1, -0.05) is 30.3 Å². The number of rotatable bonds is 4. The van der Waals surface area contributed by atoms with Crippen LogP contribution in [-0.4, -0.2) is 15.2 Å². The summed E-state index contributed by atoms with van der Waals surface area (Å²) in [7, 11) is 0. The van der Waals surface area contributed by atoms with Crippen LogP contribution in [0.25, 0.3) is 10.9 Å². The van der Waals surface area contributed by atoms with E-state index in [4.69, 9.17) is 4.42 Å². The molecule has 0 saturated heterocycles. The van der Waals surface area contributed by atoms with E-state index in [2.05, 4.69) is 11.1 Å². The summed E-state index contributed by atoms with van der Waals surface area (Å²) in [5, 5.41) is 30.0. The fourth-order valence-corrected chi connectivity index (χ4v) is 3.40. The highest BCUT2D eigenvalue weighted by Gasteiger charge is 2.27. The molecule has 0 saturated carbocycles. The molecule has 6 heteroatoms. The van der Waals surface area contributed by atoms with Gasteiger partial charge in [-0.2, -0.15) is 5.26 Å². The highest BCUT2D eigenvalue weighted by atomic mass is 16.4. The second-order valence-corrected chi connectivity index (χ2v) is 6.41. The van der Waals surface area contributed by atoms with Crippen LogP contribution in [0.3, 0.4) is 0 Å². The van der Waals surface area contributed by atoms with Gasteiger partial charge in [0.15, 0.2) is 5.76 Å². The number of hydrogen-bond donors (Lipinski definition) is 3. The number of aromatic hydroxyl groups is 1. The summed E-state index contributed by atoms with van der Waals surface area (Å²) in [5.74, 6) is -0.998. The molecule has 2 aromatic heterocycles. The Morgan fingerprint density at radius 1 is 1.14 bits per heavy atom. The van der Waals surface area contributed by atoms with Gasteiger partial charge < -0.3 is 19.6 Å². The number of aromatic nitrogens is 1. The van der Waals surface area contributed by atoms with E-state index in [1.807, 2.05) is 30.3 Å². The average Bonchev–Trinajstić information content (AvgIpc) is 3.14. The third-order valence-electron chi connectivity index (χ3n) is 4.70. The molecular formula is C22H16N2O4. The first-order valence-corrected chi connectivity index (χ1v) is 8.65. The van der Waals surface area contributed by atoms with Crippen LogP contribution in [0.1, 0.15) is 34.1 Å². The lowest BCUT2D eigenvalue weighted by Crippen LogP contribution is -2.10. The largest absolute Gasteiger partial charge is 0.502 e. The van der Waals surface area contributed by atoms with Gasteiger partial charge in [-0.3, -0.25) is 4.79 Å². The standard InChI is InChI=1S/C22H16N2O4/c23-10-13-6-7-18-16(8-13)17(11-24-18)20(14-4-2-1-3-5-14)22-21(27)19(26)9-15(12-25)28-22/h1-9,11,20,24-25,27H,12H2. The van der Waals surface area contributed by atoms with Crippen molar-refractivity contribution in [3.05, 3.63) is 99.2 Å². The van der Waals surface area contributed by atoms with Gasteiger partial charge in [0.1, 0.15) is 12.4 Å². The van der Waals surface area contributed by atoms with E-state index in [0.29, 0.717) is 5.56 Å². The Balaban J connectivity index is 2.04. The number of aromatic amines is 1. The molecule has 3 N–H and O–H groups in total. The number of hydrogen-bond acceptors (Lipinski definition) is 5. The molecule has 1 unspecified atom stereocenters. The summed E-state index contributed by atoms with van der Waals surface area (Å²) in [6, 6.07) is 17.8. The van der Waals surface area contributed by atoms with Gasteiger partial charge in [-0.25, -0.2) is 0 Å². The third kappa shape index (κ3) is 2.94. The second kappa shape index (κ2) is 7.06. The number of H-pyrrole nitrogens is 1. The Kier molecular flexibility index (Phi) is 4.44. The number of aliphatic hydroxyl groups is 1. The number of nitrogens with zero attached hydrogens (tertiary/aromatic N) is 1. The van der Waals surface area contributed by atoms with Crippen LogP contribution in [0.2, 0.25) is 0 Å². The third-order valence-corrected chi connectivity index (χ3v) is 4.70. The van der Waals surface area contributed by atoms with E-state index >= 15 is 0 Å². The first kappa shape index (κ1) is 17.6. The van der Waals surface area contributed by atoms with Gasteiger partial charge in [0.2, 0.25) is 11.2 Å². The second-order valence-electron chi connectivity index (χ2n) is 6.41. The zero-order valence-corrected chi connectivity index (χ0v) is 14.7. The molecule has 2 heterocycles. The topological polar surface area (TPSA) is 110 Å². The number of fused-ring (bicyclic) bond motifs is 1. The Morgan fingerprint density at radius 2 is 1.93 bits per heavy atom. The Hall–Kier alpha value is -3.82. The molecule has 0 aliphatic rings. The molecule has 1 atom stereocenters. The summed E-state index contributed by atoms with van der Waals surface area (Å²) in [5.41, 5.74) is 2.22. The van der Waals surface area contributed by atoms with E-state index < -0.39 is 23.7 Å². The lowest BCUT2D eigenvalue weighted by Gasteiger charge is -2.18. The summed E-state index contributed by atoms with van der Waals surface area (Å²) in [4.78, 5) is 15.4. The highest BCUT2D eigenvalue weighted by molar-refractivity contribution is 5.86. The molecule has 0 radical (unpaired) electrons. The Labute approximate surface area is 159 Å². The van der Waals surface area contributed by atoms with Crippen LogP contribution in [0.4, 0.5) is 0 Å². The molecule has 0 aliphatic carbocycles. The number of benzene rings is 2. The maximum Gasteiger partial charge on any atom is 0.227 e. The van der Waals surface area contributed by atoms with Crippen LogP contribution in [0.15, 0.2) is 70.0 Å². The van der Waals surface area contributed by atoms with Gasteiger partial charge in [-0.15, -0.1) is 0 Å². The predicted octanol–water partition coefficient (Wildman–Crippen LogP) is 3.37. The molecule has 138 valence electrons. The quantitative estimate of drug-likeness (QED) is 0.509. The normalized spacial score (nSPS) is 12.0. The molecule has 28 heavy (non-hydrogen) atoms. The molecule has 0 fully saturated rings. The Bertz CT molecular complexity index is 1250. The summed E-state index contributed by atoms with van der Waals surface area (Å²) >= 11 is 0. The molecule has 6 nitrogen and oxygen atoms in total. The summed E-state index contributed by atoms with van der Waals surface area (Å²) in [6.07, 6.45) is 1.77. The van der Waals surface area contributed by atoms with Gasteiger partial charge in [0.05, 0.1) is 17.6 Å². The first-order valence-electron chi connectivity index (χ1n) is 8.65. The zero-order valence-electron chi connectivity index (χ0n) is 14.7. The van der Waals surface area contributed by atoms with E-state index in [-0.39, 0.29) is 11.5 Å². The SMILES string of the molecule is N#Cc1ccc2[nH]cc(C(c3ccccc3)c3oc(CO)cc(=O)c3O)c2c1. The molecule has 2 aromatic carbocycles. The van der Waals surface area contributed by atoms with Crippen LogP contribution < -0.4 is 5.43 Å². The van der Waals surface area contributed by atoms with Crippen molar-refractivity contribution in [1.82, 2.24) is 4.98 Å². The van der Waals surface area contributed by atoms with Crippen molar-refractivity contribution in [3.8, 4) is 11.8 Å². The first-order chi connectivity index (χ1) is 13.6. The minimum Gasteiger partial charge on any atom is -0.502 e. The van der Waals surface area contributed by atoms with Gasteiger partial charge >= 0.3 is 0 Å². The van der Waals surface area contributed by atoms with E-state index in [1.54, 1.807) is 24.4 Å². The maximum atomic E-state index is 12.2. The minimum atomic E-state index is -0.621. The number of aliphatic hydroxyl groups excluding tert-OH is 1. The van der Waals surface area contributed by atoms with Gasteiger partial charge in [0.25, 0.3) is 0 Å². The smallest absolute Gasteiger partial charge is 0.227 e. The Morgan fingerprint density at radius 3 is 2.64 bits per heavy atom. The summed E-state index contributed by atoms with van der Waals surface area (Å²) < 4.78 is 5.71. The van der Waals surface area contributed by atoms with Crippen LogP contribution >= 0.6 is 0 Å². The number of nitrogens with one attached hydrogen (secondary N) is 1. The molecule has 0 amide bonds. The molecule has 0 bridgehead atoms. The van der Waals surface area contributed by atoms with Crippen molar-refractivity contribution in [2.24, 2.45) is 0 Å². The van der Waals surface area contributed by atoms with Gasteiger partial charge in [0, 0.05) is 23.2 Å². The van der Waals surface area contributed by atoms with E-state index in [9.17, 15) is 20.3 Å². The fraction of sp³-hybridized carbons (Fsp3) is 0.0909. The average molecular weight is 372 g/mol.